The highest BCUT2D eigenvalue weighted by atomic mass is 19.1. The average molecular weight is 278 g/mol. The maximum atomic E-state index is 14.2. The molecule has 1 aliphatic carbocycles. The summed E-state index contributed by atoms with van der Waals surface area (Å²) < 4.78 is 14.2. The number of rotatable bonds is 5. The lowest BCUT2D eigenvalue weighted by Crippen LogP contribution is -2.36. The van der Waals surface area contributed by atoms with E-state index in [1.54, 1.807) is 6.07 Å². The Morgan fingerprint density at radius 2 is 2.15 bits per heavy atom. The first kappa shape index (κ1) is 13.8. The summed E-state index contributed by atoms with van der Waals surface area (Å²) in [6.07, 6.45) is 3.45. The number of benzene rings is 1. The van der Waals surface area contributed by atoms with Crippen molar-refractivity contribution in [1.82, 2.24) is 5.32 Å². The Balaban J connectivity index is 1.85. The van der Waals surface area contributed by atoms with E-state index >= 15 is 0 Å². The van der Waals surface area contributed by atoms with Crippen LogP contribution in [-0.2, 0) is 6.54 Å². The van der Waals surface area contributed by atoms with Crippen LogP contribution in [0.4, 0.5) is 10.1 Å². The summed E-state index contributed by atoms with van der Waals surface area (Å²) in [7, 11) is 0. The van der Waals surface area contributed by atoms with Crippen LogP contribution in [0.5, 0.6) is 0 Å². The topological polar surface area (TPSA) is 35.5 Å². The van der Waals surface area contributed by atoms with Gasteiger partial charge in [0.1, 0.15) is 5.82 Å². The van der Waals surface area contributed by atoms with Crippen LogP contribution in [0.25, 0.3) is 0 Å². The lowest BCUT2D eigenvalue weighted by Gasteiger charge is -2.29. The zero-order valence-corrected chi connectivity index (χ0v) is 12.0. The first-order valence-electron chi connectivity index (χ1n) is 7.59. The molecule has 2 N–H and O–H groups in total. The standard InChI is InChI=1S/C16H23FN2O/c1-11-7-8-19(16(11)10-20)15-4-2-3-14(17)13(15)9-18-12-5-6-12/h2-4,11-12,16,18,20H,5-10H2,1H3. The quantitative estimate of drug-likeness (QED) is 0.867. The van der Waals surface area contributed by atoms with Crippen molar-refractivity contribution < 1.29 is 9.50 Å². The lowest BCUT2D eigenvalue weighted by molar-refractivity contribution is 0.244. The number of nitrogens with zero attached hydrogens (tertiary/aromatic N) is 1. The van der Waals surface area contributed by atoms with Gasteiger partial charge < -0.3 is 15.3 Å². The number of anilines is 1. The Morgan fingerprint density at radius 1 is 1.35 bits per heavy atom. The molecular formula is C16H23FN2O. The number of aliphatic hydroxyl groups excluding tert-OH is 1. The number of hydrogen-bond donors (Lipinski definition) is 2. The smallest absolute Gasteiger partial charge is 0.129 e. The predicted molar refractivity (Wildman–Crippen MR) is 78.3 cm³/mol. The van der Waals surface area contributed by atoms with Gasteiger partial charge in [-0.25, -0.2) is 4.39 Å². The Labute approximate surface area is 119 Å². The number of halogens is 1. The van der Waals surface area contributed by atoms with Crippen LogP contribution in [0.2, 0.25) is 0 Å². The molecule has 1 heterocycles. The van der Waals surface area contributed by atoms with Crippen molar-refractivity contribution in [3.05, 3.63) is 29.6 Å². The average Bonchev–Trinajstić information content (AvgIpc) is 3.19. The van der Waals surface area contributed by atoms with Gasteiger partial charge in [0.05, 0.1) is 12.6 Å². The molecule has 1 aromatic rings. The Bertz CT molecular complexity index is 476. The van der Waals surface area contributed by atoms with Crippen molar-refractivity contribution in [3.8, 4) is 0 Å². The van der Waals surface area contributed by atoms with Crippen molar-refractivity contribution >= 4 is 5.69 Å². The molecule has 2 unspecified atom stereocenters. The van der Waals surface area contributed by atoms with Gasteiger partial charge in [-0.05, 0) is 37.3 Å². The summed E-state index contributed by atoms with van der Waals surface area (Å²) in [5, 5.41) is 13.0. The third-order valence-corrected chi connectivity index (χ3v) is 4.62. The fourth-order valence-electron chi connectivity index (χ4n) is 3.11. The molecule has 1 aliphatic heterocycles. The molecule has 3 nitrogen and oxygen atoms in total. The van der Waals surface area contributed by atoms with Crippen LogP contribution in [0, 0.1) is 11.7 Å². The Morgan fingerprint density at radius 3 is 2.85 bits per heavy atom. The van der Waals surface area contributed by atoms with Crippen molar-refractivity contribution in [3.63, 3.8) is 0 Å². The van der Waals surface area contributed by atoms with E-state index in [-0.39, 0.29) is 18.5 Å². The van der Waals surface area contributed by atoms with Gasteiger partial charge >= 0.3 is 0 Å². The van der Waals surface area contributed by atoms with Crippen LogP contribution >= 0.6 is 0 Å². The highest BCUT2D eigenvalue weighted by Crippen LogP contribution is 2.33. The molecule has 110 valence electrons. The molecule has 2 atom stereocenters. The second-order valence-electron chi connectivity index (χ2n) is 6.10. The van der Waals surface area contributed by atoms with Gasteiger partial charge in [0.25, 0.3) is 0 Å². The van der Waals surface area contributed by atoms with Crippen molar-refractivity contribution in [2.75, 3.05) is 18.1 Å². The van der Waals surface area contributed by atoms with Gasteiger partial charge in [0.2, 0.25) is 0 Å². The zero-order valence-electron chi connectivity index (χ0n) is 12.0. The van der Waals surface area contributed by atoms with Crippen LogP contribution in [0.15, 0.2) is 18.2 Å². The summed E-state index contributed by atoms with van der Waals surface area (Å²) in [6.45, 7) is 3.76. The van der Waals surface area contributed by atoms with Crippen LogP contribution in [0.3, 0.4) is 0 Å². The van der Waals surface area contributed by atoms with E-state index in [0.29, 0.717) is 18.5 Å². The fraction of sp³-hybridized carbons (Fsp3) is 0.625. The molecule has 2 aliphatic rings. The van der Waals surface area contributed by atoms with Gasteiger partial charge in [-0.1, -0.05) is 13.0 Å². The van der Waals surface area contributed by atoms with Crippen molar-refractivity contribution in [2.24, 2.45) is 5.92 Å². The van der Waals surface area contributed by atoms with E-state index in [4.69, 9.17) is 0 Å². The minimum Gasteiger partial charge on any atom is -0.394 e. The highest BCUT2D eigenvalue weighted by molar-refractivity contribution is 5.56. The summed E-state index contributed by atoms with van der Waals surface area (Å²) in [5.41, 5.74) is 1.69. The van der Waals surface area contributed by atoms with Crippen LogP contribution < -0.4 is 10.2 Å². The van der Waals surface area contributed by atoms with Gasteiger partial charge in [-0.2, -0.15) is 0 Å². The number of hydrogen-bond acceptors (Lipinski definition) is 3. The largest absolute Gasteiger partial charge is 0.394 e. The van der Waals surface area contributed by atoms with Gasteiger partial charge in [-0.15, -0.1) is 0 Å². The molecule has 0 bridgehead atoms. The summed E-state index contributed by atoms with van der Waals surface area (Å²) in [4.78, 5) is 2.18. The zero-order chi connectivity index (χ0) is 14.1. The van der Waals surface area contributed by atoms with E-state index in [9.17, 15) is 9.50 Å². The summed E-state index contributed by atoms with van der Waals surface area (Å²) >= 11 is 0. The lowest BCUT2D eigenvalue weighted by atomic mass is 10.0. The molecule has 1 saturated heterocycles. The molecule has 0 radical (unpaired) electrons. The normalized spacial score (nSPS) is 26.2. The fourth-order valence-corrected chi connectivity index (χ4v) is 3.11. The Kier molecular flexibility index (Phi) is 3.94. The third-order valence-electron chi connectivity index (χ3n) is 4.62. The molecular weight excluding hydrogens is 255 g/mol. The van der Waals surface area contributed by atoms with Gasteiger partial charge in [0.15, 0.2) is 0 Å². The maximum Gasteiger partial charge on any atom is 0.129 e. The second-order valence-corrected chi connectivity index (χ2v) is 6.10. The maximum absolute atomic E-state index is 14.2. The van der Waals surface area contributed by atoms with E-state index < -0.39 is 0 Å². The van der Waals surface area contributed by atoms with E-state index in [0.717, 1.165) is 24.2 Å². The van der Waals surface area contributed by atoms with Gasteiger partial charge in [0, 0.05) is 30.4 Å². The number of nitrogens with one attached hydrogen (secondary N) is 1. The first-order chi connectivity index (χ1) is 9.70. The summed E-state index contributed by atoms with van der Waals surface area (Å²) in [6, 6.07) is 5.95. The molecule has 3 rings (SSSR count). The predicted octanol–water partition coefficient (Wildman–Crippen LogP) is 2.28. The SMILES string of the molecule is CC1CCN(c2cccc(F)c2CNC2CC2)C1CO. The molecule has 0 amide bonds. The highest BCUT2D eigenvalue weighted by Gasteiger charge is 2.32. The van der Waals surface area contributed by atoms with E-state index in [1.807, 2.05) is 6.07 Å². The molecule has 1 aromatic carbocycles. The van der Waals surface area contributed by atoms with Crippen LogP contribution in [-0.4, -0.2) is 30.3 Å². The minimum atomic E-state index is -0.146. The molecule has 0 aromatic heterocycles. The molecule has 0 spiro atoms. The van der Waals surface area contributed by atoms with Crippen LogP contribution in [0.1, 0.15) is 31.7 Å². The van der Waals surface area contributed by atoms with Crippen molar-refractivity contribution in [2.45, 2.75) is 44.8 Å². The molecule has 20 heavy (non-hydrogen) atoms. The first-order valence-corrected chi connectivity index (χ1v) is 7.59. The second kappa shape index (κ2) is 5.70. The third kappa shape index (κ3) is 2.67. The number of aliphatic hydroxyl groups is 1. The van der Waals surface area contributed by atoms with Crippen molar-refractivity contribution in [1.29, 1.82) is 0 Å². The minimum absolute atomic E-state index is 0.108. The monoisotopic (exact) mass is 278 g/mol. The van der Waals surface area contributed by atoms with E-state index in [2.05, 4.69) is 17.1 Å². The Hall–Kier alpha value is -1.13. The molecule has 2 fully saturated rings. The molecule has 1 saturated carbocycles. The van der Waals surface area contributed by atoms with E-state index in [1.165, 1.54) is 18.9 Å². The van der Waals surface area contributed by atoms with Gasteiger partial charge in [-0.3, -0.25) is 0 Å². The summed E-state index contributed by atoms with van der Waals surface area (Å²) in [5.74, 6) is 0.305. The molecule has 4 heteroatoms.